The van der Waals surface area contributed by atoms with Crippen molar-refractivity contribution in [2.45, 2.75) is 25.7 Å². The minimum atomic E-state index is -0.157. The number of carbonyl (C=O) groups excluding carboxylic acids is 2. The lowest BCUT2D eigenvalue weighted by Gasteiger charge is -2.02. The molecule has 0 unspecified atom stereocenters. The van der Waals surface area contributed by atoms with E-state index in [0.29, 0.717) is 11.6 Å². The summed E-state index contributed by atoms with van der Waals surface area (Å²) in [6.07, 6.45) is 7.37. The Morgan fingerprint density at radius 3 is 1.93 bits per heavy atom. The summed E-state index contributed by atoms with van der Waals surface area (Å²) in [5, 5.41) is 2.61. The Bertz CT molecular complexity index is 781. The van der Waals surface area contributed by atoms with E-state index in [2.05, 4.69) is 47.1 Å². The standard InChI is InChI=1S/C9H9BrN2O.C5H5BrN2.C4H5ClO/c10-7-3-4-11-8(5-7)12-9(13)6-1-2-6;6-4-1-2-8-5(7)3-4;5-4(6)3-1-2-3/h3-6H,1-2H2,(H,11,12,13);1-3H,(H2,7,8);3H,1-2H2. The van der Waals surface area contributed by atoms with Gasteiger partial charge in [-0.15, -0.1) is 0 Å². The quantitative estimate of drug-likeness (QED) is 0.570. The Balaban J connectivity index is 0.000000159. The molecule has 27 heavy (non-hydrogen) atoms. The molecule has 0 atom stereocenters. The molecule has 0 aliphatic heterocycles. The first kappa shape index (κ1) is 21.8. The lowest BCUT2D eigenvalue weighted by Crippen LogP contribution is -2.14. The van der Waals surface area contributed by atoms with Crippen LogP contribution in [0.5, 0.6) is 0 Å². The number of rotatable bonds is 3. The van der Waals surface area contributed by atoms with Gasteiger partial charge in [0.25, 0.3) is 0 Å². The molecule has 0 spiro atoms. The van der Waals surface area contributed by atoms with Gasteiger partial charge in [-0.1, -0.05) is 31.9 Å². The third kappa shape index (κ3) is 9.30. The summed E-state index contributed by atoms with van der Waals surface area (Å²) in [7, 11) is 0. The van der Waals surface area contributed by atoms with Crippen molar-refractivity contribution in [3.05, 3.63) is 45.6 Å². The summed E-state index contributed by atoms with van der Waals surface area (Å²) in [6.45, 7) is 0. The molecule has 0 aromatic carbocycles. The van der Waals surface area contributed by atoms with Crippen LogP contribution in [0.4, 0.5) is 11.6 Å². The zero-order valence-electron chi connectivity index (χ0n) is 14.4. The number of pyridine rings is 2. The first-order chi connectivity index (χ1) is 12.8. The predicted octanol–water partition coefficient (Wildman–Crippen LogP) is 4.78. The summed E-state index contributed by atoms with van der Waals surface area (Å²) >= 11 is 11.6. The van der Waals surface area contributed by atoms with Gasteiger partial charge in [0.05, 0.1) is 0 Å². The second-order valence-electron chi connectivity index (χ2n) is 6.10. The van der Waals surface area contributed by atoms with E-state index >= 15 is 0 Å². The zero-order valence-corrected chi connectivity index (χ0v) is 18.3. The number of halogens is 3. The Hall–Kier alpha value is -1.51. The van der Waals surface area contributed by atoms with E-state index < -0.39 is 0 Å². The molecule has 2 aliphatic carbocycles. The Kier molecular flexibility index (Phi) is 8.66. The van der Waals surface area contributed by atoms with Gasteiger partial charge in [0, 0.05) is 33.2 Å². The highest BCUT2D eigenvalue weighted by Crippen LogP contribution is 2.31. The van der Waals surface area contributed by atoms with Crippen molar-refractivity contribution in [1.29, 1.82) is 0 Å². The van der Waals surface area contributed by atoms with Crippen LogP contribution >= 0.6 is 43.5 Å². The van der Waals surface area contributed by atoms with Crippen LogP contribution in [-0.4, -0.2) is 21.1 Å². The number of carbonyl (C=O) groups is 2. The molecule has 1 amide bonds. The van der Waals surface area contributed by atoms with E-state index in [-0.39, 0.29) is 23.0 Å². The van der Waals surface area contributed by atoms with Gasteiger partial charge < -0.3 is 11.1 Å². The topological polar surface area (TPSA) is 98.0 Å². The molecule has 0 bridgehead atoms. The minimum Gasteiger partial charge on any atom is -0.384 e. The zero-order chi connectivity index (χ0) is 19.8. The van der Waals surface area contributed by atoms with E-state index in [1.807, 2.05) is 12.1 Å². The molecule has 2 aromatic heterocycles. The number of nitrogens with zero attached hydrogens (tertiary/aromatic N) is 2. The molecular weight excluding hydrogens is 499 g/mol. The highest BCUT2D eigenvalue weighted by Gasteiger charge is 2.29. The molecule has 4 rings (SSSR count). The summed E-state index contributed by atoms with van der Waals surface area (Å²) in [6, 6.07) is 7.20. The number of nitrogens with two attached hydrogens (primary N) is 1. The van der Waals surface area contributed by atoms with E-state index in [0.717, 1.165) is 34.6 Å². The summed E-state index contributed by atoms with van der Waals surface area (Å²) in [4.78, 5) is 29.1. The Morgan fingerprint density at radius 1 is 1.00 bits per heavy atom. The number of anilines is 2. The smallest absolute Gasteiger partial charge is 0.228 e. The van der Waals surface area contributed by atoms with Crippen LogP contribution in [0.15, 0.2) is 45.6 Å². The van der Waals surface area contributed by atoms with Crippen LogP contribution in [0.3, 0.4) is 0 Å². The van der Waals surface area contributed by atoms with Crippen molar-refractivity contribution < 1.29 is 9.59 Å². The van der Waals surface area contributed by atoms with Crippen LogP contribution in [0, 0.1) is 11.8 Å². The number of aromatic nitrogens is 2. The van der Waals surface area contributed by atoms with Crippen LogP contribution in [0.2, 0.25) is 0 Å². The van der Waals surface area contributed by atoms with Crippen LogP contribution in [0.1, 0.15) is 25.7 Å². The number of nitrogens with one attached hydrogen (secondary N) is 1. The molecule has 2 aliphatic rings. The van der Waals surface area contributed by atoms with Crippen molar-refractivity contribution in [3.63, 3.8) is 0 Å². The average Bonchev–Trinajstić information content (AvgIpc) is 3.49. The monoisotopic (exact) mass is 516 g/mol. The lowest BCUT2D eigenvalue weighted by molar-refractivity contribution is -0.117. The fourth-order valence-electron chi connectivity index (χ4n) is 1.78. The SMILES string of the molecule is Nc1cc(Br)ccn1.O=C(Cl)C1CC1.O=C(Nc1cc(Br)ccn1)C1CC1. The van der Waals surface area contributed by atoms with Gasteiger partial charge in [0.2, 0.25) is 11.1 Å². The average molecular weight is 519 g/mol. The number of nitrogen functional groups attached to an aromatic ring is 1. The van der Waals surface area contributed by atoms with Crippen molar-refractivity contribution in [1.82, 2.24) is 9.97 Å². The maximum Gasteiger partial charge on any atom is 0.228 e. The first-order valence-corrected chi connectivity index (χ1v) is 10.3. The van der Waals surface area contributed by atoms with Crippen LogP contribution < -0.4 is 11.1 Å². The fraction of sp³-hybridized carbons (Fsp3) is 0.333. The first-order valence-electron chi connectivity index (χ1n) is 8.34. The fourth-order valence-corrected chi connectivity index (χ4v) is 2.68. The van der Waals surface area contributed by atoms with Gasteiger partial charge >= 0.3 is 0 Å². The molecule has 6 nitrogen and oxygen atoms in total. The molecule has 9 heteroatoms. The Morgan fingerprint density at radius 2 is 1.56 bits per heavy atom. The van der Waals surface area contributed by atoms with Gasteiger partial charge in [-0.05, 0) is 61.5 Å². The number of amides is 1. The van der Waals surface area contributed by atoms with Gasteiger partial charge in [-0.25, -0.2) is 9.97 Å². The van der Waals surface area contributed by atoms with Gasteiger partial charge in [0.15, 0.2) is 0 Å². The highest BCUT2D eigenvalue weighted by molar-refractivity contribution is 9.10. The lowest BCUT2D eigenvalue weighted by atomic mass is 10.4. The number of hydrogen-bond acceptors (Lipinski definition) is 5. The number of hydrogen-bond donors (Lipinski definition) is 2. The van der Waals surface area contributed by atoms with Crippen molar-refractivity contribution in [3.8, 4) is 0 Å². The summed E-state index contributed by atoms with van der Waals surface area (Å²) in [5.41, 5.74) is 5.32. The molecule has 0 radical (unpaired) electrons. The molecule has 144 valence electrons. The molecule has 2 aromatic rings. The molecule has 2 saturated carbocycles. The second-order valence-corrected chi connectivity index (χ2v) is 8.30. The van der Waals surface area contributed by atoms with Crippen molar-refractivity contribution in [2.75, 3.05) is 11.1 Å². The molecule has 3 N–H and O–H groups in total. The van der Waals surface area contributed by atoms with Crippen molar-refractivity contribution >= 4 is 66.2 Å². The van der Waals surface area contributed by atoms with E-state index in [4.69, 9.17) is 17.3 Å². The van der Waals surface area contributed by atoms with Crippen LogP contribution in [0.25, 0.3) is 0 Å². The molecular formula is C18H19Br2ClN4O2. The van der Waals surface area contributed by atoms with Gasteiger partial charge in [-0.3, -0.25) is 9.59 Å². The largest absolute Gasteiger partial charge is 0.384 e. The molecule has 2 heterocycles. The van der Waals surface area contributed by atoms with E-state index in [9.17, 15) is 9.59 Å². The highest BCUT2D eigenvalue weighted by atomic mass is 79.9. The van der Waals surface area contributed by atoms with Gasteiger partial charge in [-0.2, -0.15) is 0 Å². The maximum atomic E-state index is 11.3. The molecule has 2 fully saturated rings. The predicted molar refractivity (Wildman–Crippen MR) is 113 cm³/mol. The summed E-state index contributed by atoms with van der Waals surface area (Å²) in [5.74, 6) is 1.70. The third-order valence-corrected chi connectivity index (χ3v) is 4.86. The Labute approximate surface area is 179 Å². The van der Waals surface area contributed by atoms with E-state index in [1.165, 1.54) is 0 Å². The van der Waals surface area contributed by atoms with Crippen LogP contribution in [-0.2, 0) is 9.59 Å². The normalized spacial score (nSPS) is 14.8. The van der Waals surface area contributed by atoms with Gasteiger partial charge in [0.1, 0.15) is 11.6 Å². The second kappa shape index (κ2) is 10.7. The summed E-state index contributed by atoms with van der Waals surface area (Å²) < 4.78 is 1.89. The third-order valence-electron chi connectivity index (χ3n) is 3.56. The van der Waals surface area contributed by atoms with Crippen molar-refractivity contribution in [2.24, 2.45) is 11.8 Å². The van der Waals surface area contributed by atoms with E-state index in [1.54, 1.807) is 24.5 Å². The molecule has 0 saturated heterocycles. The maximum absolute atomic E-state index is 11.3. The minimum absolute atomic E-state index is 0.0885.